The molecule has 5 heteroatoms. The van der Waals surface area contributed by atoms with Crippen LogP contribution in [0, 0.1) is 5.92 Å². The summed E-state index contributed by atoms with van der Waals surface area (Å²) in [6.07, 6.45) is 6.46. The molecule has 2 unspecified atom stereocenters. The van der Waals surface area contributed by atoms with Gasteiger partial charge in [-0.3, -0.25) is 0 Å². The van der Waals surface area contributed by atoms with Crippen LogP contribution in [0.1, 0.15) is 46.0 Å². The second kappa shape index (κ2) is 7.99. The van der Waals surface area contributed by atoms with E-state index in [0.717, 1.165) is 42.6 Å². The van der Waals surface area contributed by atoms with Crippen molar-refractivity contribution in [1.29, 1.82) is 0 Å². The van der Waals surface area contributed by atoms with Crippen molar-refractivity contribution in [3.63, 3.8) is 0 Å². The number of rotatable bonds is 3. The van der Waals surface area contributed by atoms with E-state index >= 15 is 0 Å². The summed E-state index contributed by atoms with van der Waals surface area (Å²) in [6, 6.07) is 9.27. The summed E-state index contributed by atoms with van der Waals surface area (Å²) < 4.78 is 2.10. The first-order valence-electron chi connectivity index (χ1n) is 10.5. The number of imidazole rings is 1. The number of nitrogens with one attached hydrogen (secondary N) is 1. The number of piperazine rings is 1. The zero-order valence-electron chi connectivity index (χ0n) is 18.1. The molecule has 0 spiro atoms. The van der Waals surface area contributed by atoms with E-state index in [0.29, 0.717) is 12.0 Å². The second-order valence-corrected chi connectivity index (χ2v) is 8.39. The zero-order valence-corrected chi connectivity index (χ0v) is 18.1. The van der Waals surface area contributed by atoms with Gasteiger partial charge < -0.3 is 14.8 Å². The molecular weight excluding hydrogens is 358 g/mol. The standard InChI is InChI=1S/C24H31N5/c1-16-12-17(2)24-27-23(15-29(24)13-18(16)3)26-20(5)21-6-8-22(9-7-21)28-11-10-25-19(4)14-28/h6-9,12-13,15-16,19,25H,10-11,14H2,1-5H3. The Hall–Kier alpha value is -2.66. The van der Waals surface area contributed by atoms with E-state index in [-0.39, 0.29) is 0 Å². The van der Waals surface area contributed by atoms with Crippen LogP contribution < -0.4 is 10.2 Å². The Balaban J connectivity index is 1.55. The number of aromatic nitrogens is 2. The van der Waals surface area contributed by atoms with Crippen molar-refractivity contribution in [3.8, 4) is 0 Å². The molecular formula is C24H31N5. The molecule has 0 amide bonds. The summed E-state index contributed by atoms with van der Waals surface area (Å²) in [6.45, 7) is 13.9. The average molecular weight is 390 g/mol. The third-order valence-corrected chi connectivity index (χ3v) is 5.93. The molecule has 5 nitrogen and oxygen atoms in total. The molecule has 0 bridgehead atoms. The average Bonchev–Trinajstić information content (AvgIpc) is 3.06. The van der Waals surface area contributed by atoms with E-state index < -0.39 is 0 Å². The van der Waals surface area contributed by atoms with E-state index in [1.165, 1.54) is 16.8 Å². The van der Waals surface area contributed by atoms with Gasteiger partial charge in [-0.2, -0.15) is 0 Å². The van der Waals surface area contributed by atoms with Crippen LogP contribution in [0.2, 0.25) is 0 Å². The number of benzene rings is 1. The summed E-state index contributed by atoms with van der Waals surface area (Å²) in [4.78, 5) is 12.0. The van der Waals surface area contributed by atoms with Crippen molar-refractivity contribution in [2.75, 3.05) is 24.5 Å². The molecule has 0 saturated carbocycles. The highest BCUT2D eigenvalue weighted by Gasteiger charge is 2.17. The number of hydrogen-bond acceptors (Lipinski definition) is 4. The molecule has 1 aromatic carbocycles. The van der Waals surface area contributed by atoms with Crippen molar-refractivity contribution in [2.45, 2.75) is 40.7 Å². The maximum absolute atomic E-state index is 4.80. The van der Waals surface area contributed by atoms with E-state index in [1.54, 1.807) is 0 Å². The van der Waals surface area contributed by atoms with Crippen LogP contribution in [0.4, 0.5) is 11.5 Å². The minimum atomic E-state index is 0.433. The molecule has 2 aliphatic heterocycles. The zero-order chi connectivity index (χ0) is 20.5. The van der Waals surface area contributed by atoms with Crippen LogP contribution in [0.5, 0.6) is 0 Å². The predicted molar refractivity (Wildman–Crippen MR) is 123 cm³/mol. The van der Waals surface area contributed by atoms with Gasteiger partial charge in [-0.1, -0.05) is 30.7 Å². The molecule has 0 aliphatic carbocycles. The highest BCUT2D eigenvalue weighted by Crippen LogP contribution is 2.28. The van der Waals surface area contributed by atoms with Gasteiger partial charge in [0.2, 0.25) is 0 Å². The first kappa shape index (κ1) is 19.6. The molecule has 2 aliphatic rings. The Labute approximate surface area is 173 Å². The van der Waals surface area contributed by atoms with Gasteiger partial charge in [-0.15, -0.1) is 0 Å². The van der Waals surface area contributed by atoms with E-state index in [4.69, 9.17) is 9.98 Å². The Morgan fingerprint density at radius 2 is 1.93 bits per heavy atom. The fourth-order valence-electron chi connectivity index (χ4n) is 4.06. The van der Waals surface area contributed by atoms with Crippen molar-refractivity contribution < 1.29 is 0 Å². The summed E-state index contributed by atoms with van der Waals surface area (Å²) in [5.41, 5.74) is 5.91. The molecule has 3 heterocycles. The van der Waals surface area contributed by atoms with Gasteiger partial charge in [0.05, 0.1) is 6.20 Å². The molecule has 2 atom stereocenters. The topological polar surface area (TPSA) is 45.5 Å². The molecule has 29 heavy (non-hydrogen) atoms. The van der Waals surface area contributed by atoms with Gasteiger partial charge in [-0.05, 0) is 56.9 Å². The van der Waals surface area contributed by atoms with Crippen molar-refractivity contribution >= 4 is 29.0 Å². The minimum Gasteiger partial charge on any atom is -0.369 e. The summed E-state index contributed by atoms with van der Waals surface area (Å²) in [7, 11) is 0. The van der Waals surface area contributed by atoms with Gasteiger partial charge in [-0.25, -0.2) is 9.98 Å². The maximum Gasteiger partial charge on any atom is 0.171 e. The van der Waals surface area contributed by atoms with Crippen LogP contribution >= 0.6 is 0 Å². The Kier molecular flexibility index (Phi) is 5.41. The van der Waals surface area contributed by atoms with Gasteiger partial charge in [0.1, 0.15) is 5.82 Å². The summed E-state index contributed by atoms with van der Waals surface area (Å²) in [5, 5.41) is 3.49. The Morgan fingerprint density at radius 1 is 1.17 bits per heavy atom. The fraction of sp³-hybridized carbons (Fsp3) is 0.417. The lowest BCUT2D eigenvalue weighted by atomic mass is 10.0. The van der Waals surface area contributed by atoms with Gasteiger partial charge in [0.25, 0.3) is 0 Å². The second-order valence-electron chi connectivity index (χ2n) is 8.39. The SMILES string of the molecule is CC1=CC(C)C(C)=Cn2cc(N=C(C)c3ccc(N4CCNC(C)C4)cc3)nc21. The highest BCUT2D eigenvalue weighted by molar-refractivity contribution is 6.00. The molecule has 152 valence electrons. The number of nitrogens with zero attached hydrogens (tertiary/aromatic N) is 4. The van der Waals surface area contributed by atoms with Gasteiger partial charge in [0.15, 0.2) is 5.82 Å². The molecule has 4 rings (SSSR count). The van der Waals surface area contributed by atoms with E-state index in [9.17, 15) is 0 Å². The lowest BCUT2D eigenvalue weighted by molar-refractivity contribution is 0.485. The van der Waals surface area contributed by atoms with Crippen LogP contribution in [0.15, 0.2) is 47.1 Å². The van der Waals surface area contributed by atoms with E-state index in [1.807, 2.05) is 6.20 Å². The largest absolute Gasteiger partial charge is 0.369 e. The maximum atomic E-state index is 4.80. The van der Waals surface area contributed by atoms with Gasteiger partial charge in [0, 0.05) is 43.3 Å². The summed E-state index contributed by atoms with van der Waals surface area (Å²) >= 11 is 0. The predicted octanol–water partition coefficient (Wildman–Crippen LogP) is 4.74. The monoisotopic (exact) mass is 389 g/mol. The first-order chi connectivity index (χ1) is 13.9. The minimum absolute atomic E-state index is 0.433. The molecule has 1 aromatic heterocycles. The molecule has 0 radical (unpaired) electrons. The lowest BCUT2D eigenvalue weighted by Gasteiger charge is -2.33. The van der Waals surface area contributed by atoms with Crippen LogP contribution in [-0.4, -0.2) is 40.9 Å². The quantitative estimate of drug-likeness (QED) is 0.772. The molecule has 2 aromatic rings. The van der Waals surface area contributed by atoms with Crippen molar-refractivity contribution in [1.82, 2.24) is 14.9 Å². The third kappa shape index (κ3) is 4.20. The Morgan fingerprint density at radius 3 is 2.66 bits per heavy atom. The summed E-state index contributed by atoms with van der Waals surface area (Å²) in [5.74, 6) is 2.16. The third-order valence-electron chi connectivity index (χ3n) is 5.93. The fourth-order valence-corrected chi connectivity index (χ4v) is 4.06. The number of anilines is 1. The number of allylic oxidation sites excluding steroid dienone is 3. The van der Waals surface area contributed by atoms with Crippen LogP contribution in [0.3, 0.4) is 0 Å². The van der Waals surface area contributed by atoms with Crippen LogP contribution in [-0.2, 0) is 0 Å². The van der Waals surface area contributed by atoms with Crippen molar-refractivity contribution in [3.05, 3.63) is 53.5 Å². The lowest BCUT2D eigenvalue weighted by Crippen LogP contribution is -2.49. The number of fused-ring (bicyclic) bond motifs is 1. The highest BCUT2D eigenvalue weighted by atomic mass is 15.2. The van der Waals surface area contributed by atoms with Crippen molar-refractivity contribution in [2.24, 2.45) is 10.9 Å². The molecule has 1 N–H and O–H groups in total. The van der Waals surface area contributed by atoms with Gasteiger partial charge >= 0.3 is 0 Å². The number of aliphatic imine (C=N–C) groups is 1. The first-order valence-corrected chi connectivity index (χ1v) is 10.5. The normalized spacial score (nSPS) is 22.7. The molecule has 1 fully saturated rings. The molecule has 1 saturated heterocycles. The number of hydrogen-bond donors (Lipinski definition) is 1. The van der Waals surface area contributed by atoms with E-state index in [2.05, 4.69) is 85.9 Å². The Bertz CT molecular complexity index is 977. The smallest absolute Gasteiger partial charge is 0.171 e. The van der Waals surface area contributed by atoms with Crippen LogP contribution in [0.25, 0.3) is 11.8 Å².